The Hall–Kier alpha value is -1.36. The van der Waals surface area contributed by atoms with Crippen LogP contribution in [0.5, 0.6) is 0 Å². The van der Waals surface area contributed by atoms with Crippen molar-refractivity contribution >= 4 is 28.5 Å². The van der Waals surface area contributed by atoms with E-state index in [4.69, 9.17) is 0 Å². The summed E-state index contributed by atoms with van der Waals surface area (Å²) in [6.07, 6.45) is 1.95. The van der Waals surface area contributed by atoms with Crippen molar-refractivity contribution in [3.8, 4) is 0 Å². The number of halogens is 1. The average Bonchev–Trinajstić information content (AvgIpc) is 2.45. The predicted molar refractivity (Wildman–Crippen MR) is 86.3 cm³/mol. The van der Waals surface area contributed by atoms with Crippen LogP contribution in [0.1, 0.15) is 22.3 Å². The van der Waals surface area contributed by atoms with Crippen molar-refractivity contribution < 1.29 is 4.79 Å². The van der Waals surface area contributed by atoms with Crippen LogP contribution in [0, 0.1) is 3.57 Å². The Kier molecular flexibility index (Phi) is 5.39. The third-order valence-corrected chi connectivity index (χ3v) is 3.60. The van der Waals surface area contributed by atoms with Crippen LogP contribution in [0.4, 0.5) is 0 Å². The fourth-order valence-corrected chi connectivity index (χ4v) is 2.20. The van der Waals surface area contributed by atoms with Crippen molar-refractivity contribution in [1.29, 1.82) is 0 Å². The van der Waals surface area contributed by atoms with E-state index in [1.807, 2.05) is 42.5 Å². The van der Waals surface area contributed by atoms with Crippen molar-refractivity contribution in [2.24, 2.45) is 0 Å². The molecule has 0 radical (unpaired) electrons. The van der Waals surface area contributed by atoms with Crippen LogP contribution in [0.25, 0.3) is 0 Å². The van der Waals surface area contributed by atoms with E-state index in [9.17, 15) is 4.79 Å². The summed E-state index contributed by atoms with van der Waals surface area (Å²) in [5, 5.41) is 2.95. The largest absolute Gasteiger partial charge is 0.352 e. The Morgan fingerprint density at radius 2 is 1.68 bits per heavy atom. The molecule has 2 rings (SSSR count). The fourth-order valence-electron chi connectivity index (χ4n) is 1.84. The SMILES string of the molecule is O=C(NCCCc1ccccc1)c1ccc(I)cc1. The Balaban J connectivity index is 1.74. The van der Waals surface area contributed by atoms with E-state index < -0.39 is 0 Å². The molecule has 0 aliphatic heterocycles. The highest BCUT2D eigenvalue weighted by molar-refractivity contribution is 14.1. The second-order valence-electron chi connectivity index (χ2n) is 4.35. The molecule has 0 atom stereocenters. The van der Waals surface area contributed by atoms with Gasteiger partial charge in [0.1, 0.15) is 0 Å². The molecule has 98 valence electrons. The summed E-state index contributed by atoms with van der Waals surface area (Å²) in [6, 6.07) is 17.9. The summed E-state index contributed by atoms with van der Waals surface area (Å²) in [6.45, 7) is 0.708. The van der Waals surface area contributed by atoms with Crippen LogP contribution in [-0.2, 0) is 6.42 Å². The molecule has 0 heterocycles. The fraction of sp³-hybridized carbons (Fsp3) is 0.188. The van der Waals surface area contributed by atoms with Crippen molar-refractivity contribution in [2.75, 3.05) is 6.54 Å². The molecule has 0 aromatic heterocycles. The quantitative estimate of drug-likeness (QED) is 0.636. The molecule has 2 nitrogen and oxygen atoms in total. The summed E-state index contributed by atoms with van der Waals surface area (Å²) in [5.41, 5.74) is 2.03. The van der Waals surface area contributed by atoms with Gasteiger partial charge in [-0.2, -0.15) is 0 Å². The molecule has 2 aromatic carbocycles. The van der Waals surface area contributed by atoms with Crippen LogP contribution in [-0.4, -0.2) is 12.5 Å². The molecule has 0 aliphatic carbocycles. The van der Waals surface area contributed by atoms with Gasteiger partial charge in [-0.25, -0.2) is 0 Å². The number of carbonyl (C=O) groups excluding carboxylic acids is 1. The van der Waals surface area contributed by atoms with Gasteiger partial charge in [-0.05, 0) is 65.3 Å². The zero-order valence-corrected chi connectivity index (χ0v) is 12.8. The average molecular weight is 365 g/mol. The highest BCUT2D eigenvalue weighted by Crippen LogP contribution is 2.07. The smallest absolute Gasteiger partial charge is 0.251 e. The highest BCUT2D eigenvalue weighted by atomic mass is 127. The number of carbonyl (C=O) groups is 1. The van der Waals surface area contributed by atoms with Crippen molar-refractivity contribution in [3.05, 3.63) is 69.3 Å². The zero-order valence-electron chi connectivity index (χ0n) is 10.6. The number of amides is 1. The van der Waals surface area contributed by atoms with E-state index in [1.54, 1.807) is 0 Å². The van der Waals surface area contributed by atoms with Gasteiger partial charge in [-0.3, -0.25) is 4.79 Å². The molecule has 2 aromatic rings. The van der Waals surface area contributed by atoms with Crippen LogP contribution >= 0.6 is 22.6 Å². The van der Waals surface area contributed by atoms with Crippen LogP contribution in [0.3, 0.4) is 0 Å². The lowest BCUT2D eigenvalue weighted by atomic mass is 10.1. The maximum absolute atomic E-state index is 11.9. The molecule has 19 heavy (non-hydrogen) atoms. The monoisotopic (exact) mass is 365 g/mol. The molecule has 0 fully saturated rings. The second-order valence-corrected chi connectivity index (χ2v) is 5.60. The standard InChI is InChI=1S/C16H16INO/c17-15-10-8-14(9-11-15)16(19)18-12-4-7-13-5-2-1-3-6-13/h1-3,5-6,8-11H,4,7,12H2,(H,18,19). The van der Waals surface area contributed by atoms with E-state index in [2.05, 4.69) is 40.0 Å². The number of rotatable bonds is 5. The Morgan fingerprint density at radius 1 is 1.00 bits per heavy atom. The minimum atomic E-state index is 0.00413. The Bertz CT molecular complexity index is 522. The summed E-state index contributed by atoms with van der Waals surface area (Å²) in [5.74, 6) is 0.00413. The maximum Gasteiger partial charge on any atom is 0.251 e. The van der Waals surface area contributed by atoms with Gasteiger partial charge in [0, 0.05) is 15.7 Å². The van der Waals surface area contributed by atoms with E-state index >= 15 is 0 Å². The molecular weight excluding hydrogens is 349 g/mol. The van der Waals surface area contributed by atoms with Crippen molar-refractivity contribution in [2.45, 2.75) is 12.8 Å². The topological polar surface area (TPSA) is 29.1 Å². The zero-order chi connectivity index (χ0) is 13.5. The first-order valence-corrected chi connectivity index (χ1v) is 7.41. The summed E-state index contributed by atoms with van der Waals surface area (Å²) in [7, 11) is 0. The molecule has 3 heteroatoms. The maximum atomic E-state index is 11.9. The number of hydrogen-bond acceptors (Lipinski definition) is 1. The van der Waals surface area contributed by atoms with Gasteiger partial charge in [0.2, 0.25) is 0 Å². The lowest BCUT2D eigenvalue weighted by molar-refractivity contribution is 0.0953. The summed E-state index contributed by atoms with van der Waals surface area (Å²) in [4.78, 5) is 11.9. The van der Waals surface area contributed by atoms with Crippen molar-refractivity contribution in [3.63, 3.8) is 0 Å². The molecule has 0 unspecified atom stereocenters. The molecule has 1 amide bonds. The van der Waals surface area contributed by atoms with Crippen molar-refractivity contribution in [1.82, 2.24) is 5.32 Å². The highest BCUT2D eigenvalue weighted by Gasteiger charge is 2.03. The third-order valence-electron chi connectivity index (χ3n) is 2.88. The first-order chi connectivity index (χ1) is 9.25. The van der Waals surface area contributed by atoms with Gasteiger partial charge in [0.25, 0.3) is 5.91 Å². The number of benzene rings is 2. The Morgan fingerprint density at radius 3 is 2.37 bits per heavy atom. The molecular formula is C16H16INO. The van der Waals surface area contributed by atoms with E-state index in [-0.39, 0.29) is 5.91 Å². The number of nitrogens with one attached hydrogen (secondary N) is 1. The van der Waals surface area contributed by atoms with Crippen LogP contribution < -0.4 is 5.32 Å². The van der Waals surface area contributed by atoms with E-state index in [0.717, 1.165) is 22.0 Å². The second kappa shape index (κ2) is 7.28. The molecule has 1 N–H and O–H groups in total. The molecule has 0 saturated carbocycles. The van der Waals surface area contributed by atoms with Gasteiger partial charge in [0.15, 0.2) is 0 Å². The van der Waals surface area contributed by atoms with Gasteiger partial charge < -0.3 is 5.32 Å². The predicted octanol–water partition coefficient (Wildman–Crippen LogP) is 3.65. The molecule has 0 bridgehead atoms. The van der Waals surface area contributed by atoms with Gasteiger partial charge >= 0.3 is 0 Å². The molecule has 0 spiro atoms. The number of hydrogen-bond donors (Lipinski definition) is 1. The van der Waals surface area contributed by atoms with Gasteiger partial charge in [-0.15, -0.1) is 0 Å². The van der Waals surface area contributed by atoms with Crippen LogP contribution in [0.15, 0.2) is 54.6 Å². The molecule has 0 saturated heterocycles. The summed E-state index contributed by atoms with van der Waals surface area (Å²) >= 11 is 2.23. The molecule has 0 aliphatic rings. The lowest BCUT2D eigenvalue weighted by Gasteiger charge is -2.05. The summed E-state index contributed by atoms with van der Waals surface area (Å²) < 4.78 is 1.14. The first kappa shape index (κ1) is 14.1. The van der Waals surface area contributed by atoms with E-state index in [0.29, 0.717) is 6.54 Å². The third kappa shape index (κ3) is 4.67. The van der Waals surface area contributed by atoms with Crippen LogP contribution in [0.2, 0.25) is 0 Å². The minimum Gasteiger partial charge on any atom is -0.352 e. The first-order valence-electron chi connectivity index (χ1n) is 6.33. The van der Waals surface area contributed by atoms with Gasteiger partial charge in [-0.1, -0.05) is 30.3 Å². The normalized spacial score (nSPS) is 10.2. The number of aryl methyl sites for hydroxylation is 1. The Labute approximate surface area is 127 Å². The van der Waals surface area contributed by atoms with Gasteiger partial charge in [0.05, 0.1) is 0 Å². The lowest BCUT2D eigenvalue weighted by Crippen LogP contribution is -2.24. The minimum absolute atomic E-state index is 0.00413. The van der Waals surface area contributed by atoms with E-state index in [1.165, 1.54) is 5.56 Å².